The third kappa shape index (κ3) is 4.22. The van der Waals surface area contributed by atoms with Gasteiger partial charge in [-0.25, -0.2) is 4.79 Å². The van der Waals surface area contributed by atoms with Crippen LogP contribution in [0.15, 0.2) is 70.4 Å². The van der Waals surface area contributed by atoms with Gasteiger partial charge in [-0.3, -0.25) is 19.1 Å². The minimum atomic E-state index is -1.64. The summed E-state index contributed by atoms with van der Waals surface area (Å²) in [5, 5.41) is 22.5. The van der Waals surface area contributed by atoms with Crippen molar-refractivity contribution in [3.8, 4) is 0 Å². The number of rotatable bonds is 1. The molecule has 0 spiro atoms. The first kappa shape index (κ1) is 23.2. The molecular formula is C26H26N2O7. The van der Waals surface area contributed by atoms with E-state index in [2.05, 4.69) is 4.98 Å². The summed E-state index contributed by atoms with van der Waals surface area (Å²) in [6.07, 6.45) is -1.37. The van der Waals surface area contributed by atoms with E-state index in [1.54, 1.807) is 55.5 Å². The lowest BCUT2D eigenvalue weighted by Gasteiger charge is -2.30. The summed E-state index contributed by atoms with van der Waals surface area (Å²) >= 11 is 0. The van der Waals surface area contributed by atoms with E-state index < -0.39 is 47.2 Å². The standard InChI is InChI=1S/C26H26N2O7/c1-15-16-6-5-9-19(10-16)26(33,18-7-3-2-4-8-18)12-17-13-28(25(32)27-23(17)30)22-11-20(29)21(35-22)14-34-24(15)31/h2-10,13,15,20-22,29,33H,11-12,14H2,1H3,(H,27,30,32)/t15-,20-,21+,22+,26+/m0/s1. The van der Waals surface area contributed by atoms with Gasteiger partial charge in [-0.05, 0) is 23.6 Å². The Kier molecular flexibility index (Phi) is 5.92. The normalized spacial score (nSPS) is 28.6. The van der Waals surface area contributed by atoms with Gasteiger partial charge in [-0.1, -0.05) is 54.6 Å². The highest BCUT2D eigenvalue weighted by atomic mass is 16.6. The van der Waals surface area contributed by atoms with Crippen LogP contribution in [0.3, 0.4) is 0 Å². The second-order valence-corrected chi connectivity index (χ2v) is 9.13. The number of nitrogens with one attached hydrogen (secondary N) is 1. The largest absolute Gasteiger partial charge is 0.462 e. The summed E-state index contributed by atoms with van der Waals surface area (Å²) in [7, 11) is 0. The van der Waals surface area contributed by atoms with E-state index in [4.69, 9.17) is 9.47 Å². The molecule has 1 fully saturated rings. The first-order valence-electron chi connectivity index (χ1n) is 11.5. The molecule has 2 aliphatic heterocycles. The van der Waals surface area contributed by atoms with Crippen molar-refractivity contribution in [2.75, 3.05) is 6.61 Å². The molecule has 1 aromatic heterocycles. The Morgan fingerprint density at radius 1 is 1.06 bits per heavy atom. The van der Waals surface area contributed by atoms with Crippen molar-refractivity contribution in [1.82, 2.24) is 9.55 Å². The van der Waals surface area contributed by atoms with E-state index in [-0.39, 0.29) is 25.0 Å². The molecule has 35 heavy (non-hydrogen) atoms. The van der Waals surface area contributed by atoms with Gasteiger partial charge in [0.25, 0.3) is 5.56 Å². The minimum absolute atomic E-state index is 0.0746. The van der Waals surface area contributed by atoms with Gasteiger partial charge in [0.05, 0.1) is 12.0 Å². The number of cyclic esters (lactones) is 1. The fraction of sp³-hybridized carbons (Fsp3) is 0.346. The molecule has 3 aromatic rings. The van der Waals surface area contributed by atoms with Crippen molar-refractivity contribution >= 4 is 5.97 Å². The van der Waals surface area contributed by atoms with Gasteiger partial charge in [0.1, 0.15) is 24.5 Å². The molecule has 0 amide bonds. The Hall–Kier alpha value is -3.53. The molecule has 6 bridgehead atoms. The molecule has 3 N–H and O–H groups in total. The zero-order valence-corrected chi connectivity index (χ0v) is 19.1. The second-order valence-electron chi connectivity index (χ2n) is 9.13. The first-order chi connectivity index (χ1) is 16.8. The number of carbonyl (C=O) groups excluding carboxylic acids is 1. The van der Waals surface area contributed by atoms with Crippen LogP contribution in [0, 0.1) is 0 Å². The number of carbonyl (C=O) groups is 1. The maximum absolute atomic E-state index is 12.8. The molecule has 0 unspecified atom stereocenters. The Morgan fingerprint density at radius 2 is 1.80 bits per heavy atom. The van der Waals surface area contributed by atoms with Crippen molar-refractivity contribution in [1.29, 1.82) is 0 Å². The number of H-pyrrole nitrogens is 1. The third-order valence-corrected chi connectivity index (χ3v) is 6.86. The van der Waals surface area contributed by atoms with Crippen LogP contribution in [0.25, 0.3) is 0 Å². The Morgan fingerprint density at radius 3 is 2.57 bits per heavy atom. The number of esters is 1. The number of aliphatic hydroxyl groups excluding tert-OH is 1. The zero-order chi connectivity index (χ0) is 24.7. The van der Waals surface area contributed by atoms with Crippen LogP contribution in [-0.2, 0) is 26.3 Å². The Labute approximate surface area is 200 Å². The van der Waals surface area contributed by atoms with E-state index in [1.807, 2.05) is 6.07 Å². The molecule has 5 atom stereocenters. The number of aromatic amines is 1. The molecule has 1 saturated heterocycles. The lowest BCUT2D eigenvalue weighted by atomic mass is 9.80. The quantitative estimate of drug-likeness (QED) is 0.450. The van der Waals surface area contributed by atoms with Gasteiger partial charge in [0, 0.05) is 24.6 Å². The lowest BCUT2D eigenvalue weighted by molar-refractivity contribution is -0.151. The van der Waals surface area contributed by atoms with Crippen molar-refractivity contribution in [2.45, 2.75) is 49.7 Å². The van der Waals surface area contributed by atoms with Gasteiger partial charge in [-0.2, -0.15) is 0 Å². The minimum Gasteiger partial charge on any atom is -0.462 e. The first-order valence-corrected chi connectivity index (χ1v) is 11.5. The molecular weight excluding hydrogens is 452 g/mol. The van der Waals surface area contributed by atoms with Gasteiger partial charge >= 0.3 is 11.7 Å². The highest BCUT2D eigenvalue weighted by Crippen LogP contribution is 2.35. The summed E-state index contributed by atoms with van der Waals surface area (Å²) in [4.78, 5) is 40.5. The molecule has 2 aliphatic rings. The van der Waals surface area contributed by atoms with Crippen LogP contribution in [0.1, 0.15) is 47.7 Å². The average Bonchev–Trinajstić information content (AvgIpc) is 3.23. The summed E-state index contributed by atoms with van der Waals surface area (Å²) in [5.41, 5.74) is -1.14. The average molecular weight is 479 g/mol. The smallest absolute Gasteiger partial charge is 0.330 e. The number of hydrogen-bond donors (Lipinski definition) is 3. The molecule has 2 aromatic carbocycles. The number of benzene rings is 2. The van der Waals surface area contributed by atoms with Crippen LogP contribution >= 0.6 is 0 Å². The number of nitrogens with zero attached hydrogens (tertiary/aromatic N) is 1. The van der Waals surface area contributed by atoms with Crippen molar-refractivity contribution in [2.24, 2.45) is 0 Å². The highest BCUT2D eigenvalue weighted by molar-refractivity contribution is 5.77. The molecule has 5 rings (SSSR count). The van der Waals surface area contributed by atoms with Crippen LogP contribution < -0.4 is 11.2 Å². The lowest BCUT2D eigenvalue weighted by Crippen LogP contribution is -2.38. The predicted molar refractivity (Wildman–Crippen MR) is 125 cm³/mol. The van der Waals surface area contributed by atoms with E-state index in [9.17, 15) is 24.6 Å². The van der Waals surface area contributed by atoms with E-state index >= 15 is 0 Å². The summed E-state index contributed by atoms with van der Waals surface area (Å²) in [6, 6.07) is 15.9. The van der Waals surface area contributed by atoms with Crippen LogP contribution in [0.5, 0.6) is 0 Å². The number of fused-ring (bicyclic) bond motifs is 7. The van der Waals surface area contributed by atoms with Gasteiger partial charge in [0.2, 0.25) is 0 Å². The maximum atomic E-state index is 12.8. The monoisotopic (exact) mass is 478 g/mol. The van der Waals surface area contributed by atoms with E-state index in [0.29, 0.717) is 16.7 Å². The predicted octanol–water partition coefficient (Wildman–Crippen LogP) is 1.32. The molecule has 0 aliphatic carbocycles. The molecule has 182 valence electrons. The molecule has 0 saturated carbocycles. The van der Waals surface area contributed by atoms with Crippen LogP contribution in [-0.4, -0.2) is 44.5 Å². The maximum Gasteiger partial charge on any atom is 0.330 e. The van der Waals surface area contributed by atoms with Gasteiger partial charge in [0.15, 0.2) is 0 Å². The number of hydrogen-bond acceptors (Lipinski definition) is 7. The van der Waals surface area contributed by atoms with Gasteiger partial charge in [-0.15, -0.1) is 0 Å². The number of aromatic nitrogens is 2. The number of aliphatic hydroxyl groups is 2. The Bertz CT molecular complexity index is 1370. The van der Waals surface area contributed by atoms with Crippen molar-refractivity contribution in [3.63, 3.8) is 0 Å². The molecule has 9 nitrogen and oxygen atoms in total. The summed E-state index contributed by atoms with van der Waals surface area (Å²) in [6.45, 7) is 1.52. The highest BCUT2D eigenvalue weighted by Gasteiger charge is 2.38. The molecule has 3 heterocycles. The second kappa shape index (κ2) is 8.92. The van der Waals surface area contributed by atoms with E-state index in [1.165, 1.54) is 10.8 Å². The molecule has 0 radical (unpaired) electrons. The fourth-order valence-corrected chi connectivity index (χ4v) is 4.75. The number of ether oxygens (including phenoxy) is 2. The SMILES string of the molecule is C[C@@H]1C(=O)OC[C@H]2O[C@H](C[C@@H]2O)n2cc(c(=O)[nH]c2=O)C[C@@](O)(c2ccccc2)c2cccc1c2. The summed E-state index contributed by atoms with van der Waals surface area (Å²) < 4.78 is 12.5. The van der Waals surface area contributed by atoms with Crippen LogP contribution in [0.2, 0.25) is 0 Å². The summed E-state index contributed by atoms with van der Waals surface area (Å²) in [5.74, 6) is -1.16. The van der Waals surface area contributed by atoms with Crippen molar-refractivity contribution in [3.05, 3.63) is 104 Å². The van der Waals surface area contributed by atoms with E-state index in [0.717, 1.165) is 0 Å². The van der Waals surface area contributed by atoms with Crippen LogP contribution in [0.4, 0.5) is 0 Å². The fourth-order valence-electron chi connectivity index (χ4n) is 4.75. The zero-order valence-electron chi connectivity index (χ0n) is 19.1. The topological polar surface area (TPSA) is 131 Å². The van der Waals surface area contributed by atoms with Gasteiger partial charge < -0.3 is 19.7 Å². The Balaban J connectivity index is 1.71. The molecule has 9 heteroatoms. The van der Waals surface area contributed by atoms with Crippen molar-refractivity contribution < 1.29 is 24.5 Å². The third-order valence-electron chi connectivity index (χ3n) is 6.86.